The number of hydrogen-bond donors (Lipinski definition) is 2. The number of H-pyrrole nitrogens is 1. The summed E-state index contributed by atoms with van der Waals surface area (Å²) in [4.78, 5) is 15.0. The van der Waals surface area contributed by atoms with E-state index in [1.54, 1.807) is 0 Å². The molecule has 0 bridgehead atoms. The van der Waals surface area contributed by atoms with E-state index in [2.05, 4.69) is 22.3 Å². The van der Waals surface area contributed by atoms with Crippen LogP contribution >= 0.6 is 0 Å². The van der Waals surface area contributed by atoms with Crippen LogP contribution in [0, 0.1) is 12.3 Å². The van der Waals surface area contributed by atoms with Crippen LogP contribution in [-0.2, 0) is 11.2 Å². The molecule has 3 heteroatoms. The number of aryl methyl sites for hydroxylation is 1. The van der Waals surface area contributed by atoms with E-state index in [9.17, 15) is 4.79 Å². The van der Waals surface area contributed by atoms with Crippen molar-refractivity contribution in [1.82, 2.24) is 10.3 Å². The number of benzene rings is 1. The average Bonchev–Trinajstić information content (AvgIpc) is 2.88. The molecule has 0 aliphatic heterocycles. The molecule has 20 heavy (non-hydrogen) atoms. The maximum atomic E-state index is 11.7. The molecular formula is C17H20N2O. The van der Waals surface area contributed by atoms with Crippen LogP contribution in [0.5, 0.6) is 0 Å². The monoisotopic (exact) mass is 268 g/mol. The van der Waals surface area contributed by atoms with Crippen molar-refractivity contribution in [1.29, 1.82) is 0 Å². The number of carbonyl (C=O) groups excluding carboxylic acids is 1. The first-order valence-corrected chi connectivity index (χ1v) is 7.06. The van der Waals surface area contributed by atoms with E-state index in [-0.39, 0.29) is 5.91 Å². The van der Waals surface area contributed by atoms with Gasteiger partial charge in [-0.3, -0.25) is 4.79 Å². The van der Waals surface area contributed by atoms with E-state index in [0.29, 0.717) is 13.0 Å². The molecule has 0 aliphatic carbocycles. The first-order chi connectivity index (χ1) is 9.81. The van der Waals surface area contributed by atoms with Crippen LogP contribution < -0.4 is 5.32 Å². The van der Waals surface area contributed by atoms with E-state index < -0.39 is 0 Å². The highest BCUT2D eigenvalue weighted by Crippen LogP contribution is 2.18. The van der Waals surface area contributed by atoms with Gasteiger partial charge in [0.1, 0.15) is 0 Å². The number of carbonyl (C=O) groups is 1. The van der Waals surface area contributed by atoms with E-state index in [1.807, 2.05) is 24.4 Å². The molecule has 0 radical (unpaired) electrons. The Hall–Kier alpha value is -2.21. The average molecular weight is 268 g/mol. The summed E-state index contributed by atoms with van der Waals surface area (Å²) in [7, 11) is 0. The molecule has 2 rings (SSSR count). The second kappa shape index (κ2) is 7.40. The molecule has 2 N–H and O–H groups in total. The Morgan fingerprint density at radius 2 is 2.15 bits per heavy atom. The number of aromatic amines is 1. The molecule has 3 nitrogen and oxygen atoms in total. The van der Waals surface area contributed by atoms with Gasteiger partial charge >= 0.3 is 0 Å². The lowest BCUT2D eigenvalue weighted by molar-refractivity contribution is -0.121. The van der Waals surface area contributed by atoms with Gasteiger partial charge in [-0.25, -0.2) is 0 Å². The van der Waals surface area contributed by atoms with Crippen molar-refractivity contribution in [2.75, 3.05) is 6.54 Å². The van der Waals surface area contributed by atoms with Gasteiger partial charge in [-0.1, -0.05) is 18.2 Å². The van der Waals surface area contributed by atoms with Crippen molar-refractivity contribution in [2.45, 2.75) is 32.1 Å². The van der Waals surface area contributed by atoms with Gasteiger partial charge in [0, 0.05) is 36.5 Å². The number of rotatable bonds is 7. The van der Waals surface area contributed by atoms with Crippen molar-refractivity contribution in [3.05, 3.63) is 36.0 Å². The largest absolute Gasteiger partial charge is 0.361 e. The maximum Gasteiger partial charge on any atom is 0.220 e. The number of terminal acetylenes is 1. The van der Waals surface area contributed by atoms with Gasteiger partial charge in [0.05, 0.1) is 0 Å². The molecule has 0 fully saturated rings. The highest BCUT2D eigenvalue weighted by molar-refractivity contribution is 5.84. The number of aromatic nitrogens is 1. The fourth-order valence-electron chi connectivity index (χ4n) is 2.25. The Morgan fingerprint density at radius 3 is 3.00 bits per heavy atom. The van der Waals surface area contributed by atoms with Crippen molar-refractivity contribution < 1.29 is 4.79 Å². The molecule has 0 saturated carbocycles. The number of para-hydroxylation sites is 1. The smallest absolute Gasteiger partial charge is 0.220 e. The standard InChI is InChI=1S/C17H20N2O/c1-2-3-4-7-12-18-17(20)11-10-14-13-19-16-9-6-5-8-15(14)16/h1,5-6,8-9,13,19H,3-4,7,10-12H2,(H,18,20). The second-order valence-corrected chi connectivity index (χ2v) is 4.87. The number of fused-ring (bicyclic) bond motifs is 1. The molecule has 1 aromatic carbocycles. The van der Waals surface area contributed by atoms with E-state index in [4.69, 9.17) is 6.42 Å². The number of unbranched alkanes of at least 4 members (excludes halogenated alkanes) is 2. The maximum absolute atomic E-state index is 11.7. The molecule has 104 valence electrons. The highest BCUT2D eigenvalue weighted by Gasteiger charge is 2.06. The SMILES string of the molecule is C#CCCCCNC(=O)CCc1c[nH]c2ccccc12. The van der Waals surface area contributed by atoms with Crippen LogP contribution in [0.2, 0.25) is 0 Å². The first kappa shape index (κ1) is 14.2. The summed E-state index contributed by atoms with van der Waals surface area (Å²) < 4.78 is 0. The summed E-state index contributed by atoms with van der Waals surface area (Å²) in [6.45, 7) is 0.717. The summed E-state index contributed by atoms with van der Waals surface area (Å²) in [5.41, 5.74) is 2.32. The van der Waals surface area contributed by atoms with Crippen LogP contribution in [0.4, 0.5) is 0 Å². The van der Waals surface area contributed by atoms with Gasteiger partial charge in [0.2, 0.25) is 5.91 Å². The lowest BCUT2D eigenvalue weighted by Gasteiger charge is -2.04. The fourth-order valence-corrected chi connectivity index (χ4v) is 2.25. The van der Waals surface area contributed by atoms with E-state index >= 15 is 0 Å². The third-order valence-electron chi connectivity index (χ3n) is 3.37. The second-order valence-electron chi connectivity index (χ2n) is 4.87. The third-order valence-corrected chi connectivity index (χ3v) is 3.37. The van der Waals surface area contributed by atoms with Gasteiger partial charge in [0.25, 0.3) is 0 Å². The van der Waals surface area contributed by atoms with Crippen molar-refractivity contribution in [3.63, 3.8) is 0 Å². The lowest BCUT2D eigenvalue weighted by Crippen LogP contribution is -2.24. The molecule has 1 heterocycles. The Balaban J connectivity index is 1.75. The molecule has 2 aromatic rings. The number of nitrogens with one attached hydrogen (secondary N) is 2. The zero-order chi connectivity index (χ0) is 14.2. The Morgan fingerprint density at radius 1 is 1.30 bits per heavy atom. The number of amides is 1. The fraction of sp³-hybridized carbons (Fsp3) is 0.353. The topological polar surface area (TPSA) is 44.9 Å². The van der Waals surface area contributed by atoms with Gasteiger partial charge < -0.3 is 10.3 Å². The molecule has 0 atom stereocenters. The molecular weight excluding hydrogens is 248 g/mol. The van der Waals surface area contributed by atoms with Crippen molar-refractivity contribution >= 4 is 16.8 Å². The van der Waals surface area contributed by atoms with Gasteiger partial charge in [-0.15, -0.1) is 12.3 Å². The first-order valence-electron chi connectivity index (χ1n) is 7.06. The minimum Gasteiger partial charge on any atom is -0.361 e. The van der Waals surface area contributed by atoms with Crippen LogP contribution in [0.25, 0.3) is 10.9 Å². The molecule has 0 unspecified atom stereocenters. The van der Waals surface area contributed by atoms with Crippen LogP contribution in [-0.4, -0.2) is 17.4 Å². The Kier molecular flexibility index (Phi) is 5.25. The zero-order valence-corrected chi connectivity index (χ0v) is 11.6. The predicted octanol–water partition coefficient (Wildman–Crippen LogP) is 3.02. The van der Waals surface area contributed by atoms with Gasteiger partial charge in [-0.2, -0.15) is 0 Å². The molecule has 1 amide bonds. The van der Waals surface area contributed by atoms with Crippen molar-refractivity contribution in [3.8, 4) is 12.3 Å². The zero-order valence-electron chi connectivity index (χ0n) is 11.6. The summed E-state index contributed by atoms with van der Waals surface area (Å²) in [5, 5.41) is 4.14. The van der Waals surface area contributed by atoms with E-state index in [0.717, 1.165) is 31.2 Å². The Bertz CT molecular complexity index is 607. The van der Waals surface area contributed by atoms with Crippen molar-refractivity contribution in [2.24, 2.45) is 0 Å². The quantitative estimate of drug-likeness (QED) is 0.588. The molecule has 0 saturated heterocycles. The molecule has 0 spiro atoms. The minimum absolute atomic E-state index is 0.107. The van der Waals surface area contributed by atoms with Gasteiger partial charge in [-0.05, 0) is 30.9 Å². The molecule has 1 aromatic heterocycles. The summed E-state index contributed by atoms with van der Waals surface area (Å²) in [5.74, 6) is 2.71. The van der Waals surface area contributed by atoms with E-state index in [1.165, 1.54) is 10.9 Å². The van der Waals surface area contributed by atoms with Crippen LogP contribution in [0.1, 0.15) is 31.2 Å². The third kappa shape index (κ3) is 3.89. The number of hydrogen-bond acceptors (Lipinski definition) is 1. The summed E-state index contributed by atoms with van der Waals surface area (Å²) in [6.07, 6.45) is 11.2. The minimum atomic E-state index is 0.107. The highest BCUT2D eigenvalue weighted by atomic mass is 16.1. The Labute approximate surface area is 119 Å². The molecule has 0 aliphatic rings. The van der Waals surface area contributed by atoms with Crippen LogP contribution in [0.15, 0.2) is 30.5 Å². The normalized spacial score (nSPS) is 10.3. The van der Waals surface area contributed by atoms with Gasteiger partial charge in [0.15, 0.2) is 0 Å². The predicted molar refractivity (Wildman–Crippen MR) is 82.3 cm³/mol. The summed E-state index contributed by atoms with van der Waals surface area (Å²) >= 11 is 0. The summed E-state index contributed by atoms with van der Waals surface area (Å²) in [6, 6.07) is 8.15. The van der Waals surface area contributed by atoms with Crippen LogP contribution in [0.3, 0.4) is 0 Å². The lowest BCUT2D eigenvalue weighted by atomic mass is 10.1.